The molecule has 0 saturated heterocycles. The monoisotopic (exact) mass is 453 g/mol. The van der Waals surface area contributed by atoms with Gasteiger partial charge >= 0.3 is 12.1 Å². The SMILES string of the molecule is COC(=O)CS(=O)(=O)N1CC=C(c2ccc(-c3cccc(C(F)(F)F)c3)c(C)c2)CC1. The summed E-state index contributed by atoms with van der Waals surface area (Å²) in [5, 5.41) is 0. The highest BCUT2D eigenvalue weighted by Crippen LogP contribution is 2.34. The number of methoxy groups -OCH3 is 1. The molecular formula is C22H22F3NO4S. The summed E-state index contributed by atoms with van der Waals surface area (Å²) < 4.78 is 69.3. The van der Waals surface area contributed by atoms with Gasteiger partial charge in [-0.15, -0.1) is 0 Å². The molecule has 3 rings (SSSR count). The second-order valence-electron chi connectivity index (χ2n) is 7.28. The van der Waals surface area contributed by atoms with E-state index in [1.807, 2.05) is 19.1 Å². The Morgan fingerprint density at radius 2 is 1.87 bits per heavy atom. The van der Waals surface area contributed by atoms with Gasteiger partial charge in [0, 0.05) is 13.1 Å². The van der Waals surface area contributed by atoms with E-state index in [0.29, 0.717) is 17.5 Å². The summed E-state index contributed by atoms with van der Waals surface area (Å²) in [6.45, 7) is 2.21. The van der Waals surface area contributed by atoms with Crippen LogP contribution in [-0.2, 0) is 25.7 Å². The van der Waals surface area contributed by atoms with Crippen LogP contribution in [-0.4, -0.2) is 44.6 Å². The van der Waals surface area contributed by atoms with Crippen molar-refractivity contribution in [3.8, 4) is 11.1 Å². The van der Waals surface area contributed by atoms with Gasteiger partial charge in [-0.1, -0.05) is 36.4 Å². The minimum Gasteiger partial charge on any atom is -0.468 e. The number of benzene rings is 2. The van der Waals surface area contributed by atoms with E-state index in [9.17, 15) is 26.4 Å². The van der Waals surface area contributed by atoms with E-state index in [0.717, 1.165) is 35.9 Å². The van der Waals surface area contributed by atoms with Gasteiger partial charge in [0.15, 0.2) is 5.75 Å². The molecule has 0 aromatic heterocycles. The topological polar surface area (TPSA) is 63.7 Å². The second kappa shape index (κ2) is 8.84. The fraction of sp³-hybridized carbons (Fsp3) is 0.318. The highest BCUT2D eigenvalue weighted by Gasteiger charge is 2.30. The standard InChI is InChI=1S/C22H22F3NO4S/c1-15-12-17(6-7-20(15)18-4-3-5-19(13-18)22(23,24)25)16-8-10-26(11-9-16)31(28,29)14-21(27)30-2/h3-8,12-13H,9-11,14H2,1-2H3. The number of hydrogen-bond donors (Lipinski definition) is 0. The van der Waals surface area contributed by atoms with Gasteiger partial charge in [-0.25, -0.2) is 8.42 Å². The van der Waals surface area contributed by atoms with Crippen LogP contribution in [0.1, 0.15) is 23.1 Å². The molecule has 0 fully saturated rings. The number of rotatable bonds is 5. The number of sulfonamides is 1. The molecule has 0 spiro atoms. The first kappa shape index (κ1) is 23.0. The molecule has 0 atom stereocenters. The lowest BCUT2D eigenvalue weighted by Crippen LogP contribution is -2.38. The average Bonchev–Trinajstić information content (AvgIpc) is 2.73. The highest BCUT2D eigenvalue weighted by molar-refractivity contribution is 7.89. The normalized spacial score (nSPS) is 15.5. The maximum absolute atomic E-state index is 13.0. The van der Waals surface area contributed by atoms with Gasteiger partial charge < -0.3 is 4.74 Å². The zero-order chi connectivity index (χ0) is 22.8. The Balaban J connectivity index is 1.80. The molecular weight excluding hydrogens is 431 g/mol. The number of ether oxygens (including phenoxy) is 1. The van der Waals surface area contributed by atoms with Crippen molar-refractivity contribution >= 4 is 21.6 Å². The Hall–Kier alpha value is -2.65. The molecule has 0 saturated carbocycles. The number of hydrogen-bond acceptors (Lipinski definition) is 4. The van der Waals surface area contributed by atoms with Crippen molar-refractivity contribution in [1.29, 1.82) is 0 Å². The minimum absolute atomic E-state index is 0.142. The molecule has 1 aliphatic rings. The fourth-order valence-electron chi connectivity index (χ4n) is 3.51. The number of carbonyl (C=O) groups is 1. The first-order valence-electron chi connectivity index (χ1n) is 9.53. The number of halogens is 3. The van der Waals surface area contributed by atoms with Crippen molar-refractivity contribution in [2.75, 3.05) is 26.0 Å². The van der Waals surface area contributed by atoms with Crippen molar-refractivity contribution in [3.63, 3.8) is 0 Å². The lowest BCUT2D eigenvalue weighted by molar-refractivity contribution is -0.138. The molecule has 1 heterocycles. The largest absolute Gasteiger partial charge is 0.468 e. The van der Waals surface area contributed by atoms with Gasteiger partial charge in [0.05, 0.1) is 12.7 Å². The Labute approximate surface area is 179 Å². The first-order chi connectivity index (χ1) is 14.5. The first-order valence-corrected chi connectivity index (χ1v) is 11.1. The van der Waals surface area contributed by atoms with Crippen molar-refractivity contribution in [2.45, 2.75) is 19.5 Å². The second-order valence-corrected chi connectivity index (χ2v) is 9.25. The van der Waals surface area contributed by atoms with Gasteiger partial charge in [0.2, 0.25) is 10.0 Å². The molecule has 1 aliphatic heterocycles. The van der Waals surface area contributed by atoms with E-state index in [2.05, 4.69) is 4.74 Å². The van der Waals surface area contributed by atoms with Crippen LogP contribution in [0.25, 0.3) is 16.7 Å². The van der Waals surface area contributed by atoms with Crippen molar-refractivity contribution in [2.24, 2.45) is 0 Å². The van der Waals surface area contributed by atoms with Crippen LogP contribution in [0, 0.1) is 6.92 Å². The minimum atomic E-state index is -4.41. The summed E-state index contributed by atoms with van der Waals surface area (Å²) in [5.41, 5.74) is 3.14. The van der Waals surface area contributed by atoms with E-state index in [1.165, 1.54) is 10.4 Å². The third-order valence-electron chi connectivity index (χ3n) is 5.19. The molecule has 166 valence electrons. The summed E-state index contributed by atoms with van der Waals surface area (Å²) >= 11 is 0. The zero-order valence-electron chi connectivity index (χ0n) is 17.1. The predicted octanol–water partition coefficient (Wildman–Crippen LogP) is 4.27. The summed E-state index contributed by atoms with van der Waals surface area (Å²) in [5.74, 6) is -1.51. The van der Waals surface area contributed by atoms with Gasteiger partial charge in [0.1, 0.15) is 0 Å². The lowest BCUT2D eigenvalue weighted by atomic mass is 9.93. The van der Waals surface area contributed by atoms with Crippen LogP contribution in [0.3, 0.4) is 0 Å². The Kier molecular flexibility index (Phi) is 6.56. The Morgan fingerprint density at radius 3 is 2.45 bits per heavy atom. The number of nitrogens with zero attached hydrogens (tertiary/aromatic N) is 1. The van der Waals surface area contributed by atoms with Gasteiger partial charge in [-0.05, 0) is 53.3 Å². The molecule has 5 nitrogen and oxygen atoms in total. The number of alkyl halides is 3. The molecule has 0 N–H and O–H groups in total. The number of aryl methyl sites for hydroxylation is 1. The molecule has 31 heavy (non-hydrogen) atoms. The molecule has 0 unspecified atom stereocenters. The van der Waals surface area contributed by atoms with Crippen molar-refractivity contribution in [3.05, 3.63) is 65.2 Å². The maximum atomic E-state index is 13.0. The van der Waals surface area contributed by atoms with Gasteiger partial charge in [-0.2, -0.15) is 17.5 Å². The molecule has 9 heteroatoms. The smallest absolute Gasteiger partial charge is 0.416 e. The molecule has 0 aliphatic carbocycles. The third kappa shape index (κ3) is 5.34. The highest BCUT2D eigenvalue weighted by atomic mass is 32.2. The van der Waals surface area contributed by atoms with E-state index >= 15 is 0 Å². The van der Waals surface area contributed by atoms with E-state index in [4.69, 9.17) is 0 Å². The fourth-order valence-corrected chi connectivity index (χ4v) is 4.78. The van der Waals surface area contributed by atoms with E-state index in [-0.39, 0.29) is 13.1 Å². The quantitative estimate of drug-likeness (QED) is 0.635. The van der Waals surface area contributed by atoms with Crippen LogP contribution >= 0.6 is 0 Å². The van der Waals surface area contributed by atoms with E-state index in [1.54, 1.807) is 18.2 Å². The van der Waals surface area contributed by atoms with Crippen LogP contribution in [0.15, 0.2) is 48.5 Å². The number of carbonyl (C=O) groups excluding carboxylic acids is 1. The summed E-state index contributed by atoms with van der Waals surface area (Å²) in [4.78, 5) is 11.3. The summed E-state index contributed by atoms with van der Waals surface area (Å²) in [7, 11) is -2.61. The average molecular weight is 453 g/mol. The molecule has 2 aromatic carbocycles. The third-order valence-corrected chi connectivity index (χ3v) is 6.91. The van der Waals surface area contributed by atoms with Gasteiger partial charge in [-0.3, -0.25) is 4.79 Å². The van der Waals surface area contributed by atoms with Gasteiger partial charge in [0.25, 0.3) is 0 Å². The van der Waals surface area contributed by atoms with Crippen LogP contribution in [0.5, 0.6) is 0 Å². The molecule has 0 radical (unpaired) electrons. The summed E-state index contributed by atoms with van der Waals surface area (Å²) in [6, 6.07) is 10.7. The van der Waals surface area contributed by atoms with Crippen molar-refractivity contribution < 1.29 is 31.1 Å². The van der Waals surface area contributed by atoms with Crippen molar-refractivity contribution in [1.82, 2.24) is 4.31 Å². The number of esters is 1. The molecule has 2 aromatic rings. The Morgan fingerprint density at radius 1 is 1.13 bits per heavy atom. The van der Waals surface area contributed by atoms with Crippen LogP contribution < -0.4 is 0 Å². The van der Waals surface area contributed by atoms with Crippen LogP contribution in [0.4, 0.5) is 13.2 Å². The van der Waals surface area contributed by atoms with E-state index < -0.39 is 33.5 Å². The van der Waals surface area contributed by atoms with Crippen LogP contribution in [0.2, 0.25) is 0 Å². The molecule has 0 bridgehead atoms. The predicted molar refractivity (Wildman–Crippen MR) is 112 cm³/mol. The molecule has 0 amide bonds. The zero-order valence-corrected chi connectivity index (χ0v) is 17.9. The Bertz CT molecular complexity index is 1120. The maximum Gasteiger partial charge on any atom is 0.416 e. The lowest BCUT2D eigenvalue weighted by Gasteiger charge is -2.25. The summed E-state index contributed by atoms with van der Waals surface area (Å²) in [6.07, 6.45) is -2.16.